The van der Waals surface area contributed by atoms with Gasteiger partial charge in [-0.05, 0) is 0 Å². The third-order valence-corrected chi connectivity index (χ3v) is 4.57. The van der Waals surface area contributed by atoms with E-state index < -0.39 is 0 Å². The van der Waals surface area contributed by atoms with Crippen molar-refractivity contribution in [3.8, 4) is 0 Å². The second-order valence-corrected chi connectivity index (χ2v) is 6.73. The summed E-state index contributed by atoms with van der Waals surface area (Å²) >= 11 is 3.24. The molecule has 1 heterocycles. The minimum atomic E-state index is -0.114. The van der Waals surface area contributed by atoms with E-state index in [4.69, 9.17) is 0 Å². The Bertz CT molecular complexity index is 382. The van der Waals surface area contributed by atoms with Gasteiger partial charge >= 0.3 is 0 Å². The fraction of sp³-hybridized carbons (Fsp3) is 0.500. The normalized spacial score (nSPS) is 10.1. The van der Waals surface area contributed by atoms with Gasteiger partial charge in [0.05, 0.1) is 0 Å². The van der Waals surface area contributed by atoms with Gasteiger partial charge in [-0.3, -0.25) is 9.59 Å². The van der Waals surface area contributed by atoms with Crippen molar-refractivity contribution < 1.29 is 9.59 Å². The Balaban J connectivity index is 2.60. The van der Waals surface area contributed by atoms with Crippen molar-refractivity contribution in [1.29, 1.82) is 0 Å². The maximum absolute atomic E-state index is 11.4. The van der Waals surface area contributed by atoms with E-state index in [1.807, 2.05) is 0 Å². The van der Waals surface area contributed by atoms with Crippen molar-refractivity contribution in [2.45, 2.75) is 8.68 Å². The predicted octanol–water partition coefficient (Wildman–Crippen LogP) is 2.09. The van der Waals surface area contributed by atoms with E-state index in [-0.39, 0.29) is 10.5 Å². The number of thioether (sulfide) groups is 2. The van der Waals surface area contributed by atoms with Gasteiger partial charge in [-0.2, -0.15) is 0 Å². The molecule has 0 aliphatic rings. The molecule has 0 bridgehead atoms. The van der Waals surface area contributed by atoms with E-state index in [9.17, 15) is 9.59 Å². The van der Waals surface area contributed by atoms with Crippen LogP contribution in [0.25, 0.3) is 0 Å². The molecule has 0 fully saturated rings. The second-order valence-electron chi connectivity index (χ2n) is 3.36. The zero-order valence-corrected chi connectivity index (χ0v) is 12.3. The molecule has 6 nitrogen and oxygen atoms in total. The monoisotopic (exact) mass is 292 g/mol. The van der Waals surface area contributed by atoms with Gasteiger partial charge in [0.15, 0.2) is 8.68 Å². The lowest BCUT2D eigenvalue weighted by Crippen LogP contribution is -2.15. The molecule has 1 rings (SSSR count). The molecular weight excluding hydrogens is 280 g/mol. The fourth-order valence-electron chi connectivity index (χ4n) is 0.612. The predicted molar refractivity (Wildman–Crippen MR) is 69.8 cm³/mol. The van der Waals surface area contributed by atoms with Crippen molar-refractivity contribution in [3.05, 3.63) is 0 Å². The maximum Gasteiger partial charge on any atom is 0.288 e. The van der Waals surface area contributed by atoms with Crippen LogP contribution in [0.3, 0.4) is 0 Å². The summed E-state index contributed by atoms with van der Waals surface area (Å²) in [5.74, 6) is 0. The average molecular weight is 292 g/mol. The number of carbonyl (C=O) groups is 2. The van der Waals surface area contributed by atoms with Crippen molar-refractivity contribution >= 4 is 45.3 Å². The molecule has 1 aromatic rings. The van der Waals surface area contributed by atoms with Gasteiger partial charge in [0, 0.05) is 51.7 Å². The van der Waals surface area contributed by atoms with Crippen LogP contribution in [0.15, 0.2) is 8.68 Å². The van der Waals surface area contributed by atoms with Gasteiger partial charge in [-0.1, -0.05) is 11.3 Å². The molecule has 0 radical (unpaired) electrons. The van der Waals surface area contributed by atoms with E-state index >= 15 is 0 Å². The van der Waals surface area contributed by atoms with Gasteiger partial charge in [0.25, 0.3) is 10.5 Å². The average Bonchev–Trinajstić information content (AvgIpc) is 2.65. The first kappa shape index (κ1) is 14.3. The first-order valence-corrected chi connectivity index (χ1v) is 6.97. The highest BCUT2D eigenvalue weighted by Crippen LogP contribution is 2.30. The molecule has 1 aromatic heterocycles. The van der Waals surface area contributed by atoms with Crippen LogP contribution in [-0.2, 0) is 0 Å². The zero-order valence-electron chi connectivity index (χ0n) is 9.83. The number of carbonyl (C=O) groups excluding carboxylic acids is 2. The lowest BCUT2D eigenvalue weighted by molar-refractivity contribution is 0.240. The van der Waals surface area contributed by atoms with Gasteiger partial charge in [-0.15, -0.1) is 10.2 Å². The first-order valence-electron chi connectivity index (χ1n) is 4.52. The minimum Gasteiger partial charge on any atom is -0.339 e. The first-order chi connectivity index (χ1) is 7.90. The standard InChI is InChI=1S/C8H12N4O2S3/c1-11(2)7(13)16-5-9-10-6(15-5)17-8(14)12(3)4/h1-4H3. The largest absolute Gasteiger partial charge is 0.339 e. The molecule has 9 heteroatoms. The topological polar surface area (TPSA) is 66.4 Å². The molecule has 0 aliphatic carbocycles. The van der Waals surface area contributed by atoms with E-state index in [0.717, 1.165) is 23.5 Å². The highest BCUT2D eigenvalue weighted by molar-refractivity contribution is 8.16. The Morgan fingerprint density at radius 2 is 1.29 bits per heavy atom. The number of hydrogen-bond acceptors (Lipinski definition) is 7. The quantitative estimate of drug-likeness (QED) is 0.778. The Morgan fingerprint density at radius 3 is 1.59 bits per heavy atom. The van der Waals surface area contributed by atoms with Crippen LogP contribution >= 0.6 is 34.9 Å². The molecular formula is C8H12N4O2S3. The SMILES string of the molecule is CN(C)C(=O)Sc1nnc(SC(=O)N(C)C)s1. The lowest BCUT2D eigenvalue weighted by Gasteiger charge is -2.06. The number of nitrogens with zero attached hydrogens (tertiary/aromatic N) is 4. The van der Waals surface area contributed by atoms with Crippen LogP contribution in [0.5, 0.6) is 0 Å². The highest BCUT2D eigenvalue weighted by atomic mass is 32.2. The zero-order chi connectivity index (χ0) is 13.0. The Kier molecular flexibility index (Phi) is 5.22. The van der Waals surface area contributed by atoms with Crippen molar-refractivity contribution in [1.82, 2.24) is 20.0 Å². The molecule has 2 amide bonds. The van der Waals surface area contributed by atoms with Gasteiger partial charge in [0.2, 0.25) is 0 Å². The van der Waals surface area contributed by atoms with E-state index in [0.29, 0.717) is 8.68 Å². The van der Waals surface area contributed by atoms with Crippen LogP contribution < -0.4 is 0 Å². The number of aromatic nitrogens is 2. The molecule has 17 heavy (non-hydrogen) atoms. The summed E-state index contributed by atoms with van der Waals surface area (Å²) in [7, 11) is 6.67. The summed E-state index contributed by atoms with van der Waals surface area (Å²) in [5.41, 5.74) is 0. The van der Waals surface area contributed by atoms with E-state index in [1.165, 1.54) is 21.1 Å². The van der Waals surface area contributed by atoms with Crippen LogP contribution in [0, 0.1) is 0 Å². The summed E-state index contributed by atoms with van der Waals surface area (Å²) in [6, 6.07) is 0. The maximum atomic E-state index is 11.4. The van der Waals surface area contributed by atoms with Gasteiger partial charge < -0.3 is 9.80 Å². The molecule has 0 atom stereocenters. The van der Waals surface area contributed by atoms with E-state index in [1.54, 1.807) is 28.2 Å². The molecule has 0 spiro atoms. The summed E-state index contributed by atoms with van der Waals surface area (Å²) in [5, 5.41) is 7.46. The molecule has 0 saturated heterocycles. The molecule has 94 valence electrons. The molecule has 0 saturated carbocycles. The Labute approximate surface area is 112 Å². The minimum absolute atomic E-state index is 0.114. The van der Waals surface area contributed by atoms with Crippen LogP contribution in [0.2, 0.25) is 0 Å². The number of rotatable bonds is 2. The molecule has 0 aliphatic heterocycles. The lowest BCUT2D eigenvalue weighted by atomic mass is 11.0. The van der Waals surface area contributed by atoms with Crippen LogP contribution in [-0.4, -0.2) is 58.7 Å². The highest BCUT2D eigenvalue weighted by Gasteiger charge is 2.15. The Hall–Kier alpha value is -0.800. The third kappa shape index (κ3) is 4.52. The summed E-state index contributed by atoms with van der Waals surface area (Å²) < 4.78 is 1.08. The number of amides is 2. The summed E-state index contributed by atoms with van der Waals surface area (Å²) in [6.07, 6.45) is 0. The van der Waals surface area contributed by atoms with Crippen molar-refractivity contribution in [2.24, 2.45) is 0 Å². The van der Waals surface area contributed by atoms with Crippen LogP contribution in [0.1, 0.15) is 0 Å². The summed E-state index contributed by atoms with van der Waals surface area (Å²) in [6.45, 7) is 0. The van der Waals surface area contributed by atoms with Gasteiger partial charge in [0.1, 0.15) is 0 Å². The Morgan fingerprint density at radius 1 is 0.941 bits per heavy atom. The fourth-order valence-corrected chi connectivity index (χ4v) is 3.14. The molecule has 0 N–H and O–H groups in total. The van der Waals surface area contributed by atoms with Crippen LogP contribution in [0.4, 0.5) is 9.59 Å². The summed E-state index contributed by atoms with van der Waals surface area (Å²) in [4.78, 5) is 25.7. The van der Waals surface area contributed by atoms with Crippen molar-refractivity contribution in [2.75, 3.05) is 28.2 Å². The van der Waals surface area contributed by atoms with Crippen molar-refractivity contribution in [3.63, 3.8) is 0 Å². The van der Waals surface area contributed by atoms with E-state index in [2.05, 4.69) is 10.2 Å². The molecule has 0 unspecified atom stereocenters. The second kappa shape index (κ2) is 6.22. The third-order valence-electron chi connectivity index (χ3n) is 1.47. The smallest absolute Gasteiger partial charge is 0.288 e. The molecule has 0 aromatic carbocycles. The van der Waals surface area contributed by atoms with Gasteiger partial charge in [-0.25, -0.2) is 0 Å². The number of hydrogen-bond donors (Lipinski definition) is 0.